The molecular formula is C19H19FN2O4. The fourth-order valence-electron chi connectivity index (χ4n) is 2.44. The van der Waals surface area contributed by atoms with Crippen LogP contribution in [0.3, 0.4) is 0 Å². The largest absolute Gasteiger partial charge is 0.467 e. The molecule has 0 aromatic heterocycles. The summed E-state index contributed by atoms with van der Waals surface area (Å²) in [6.45, 7) is 1.32. The van der Waals surface area contributed by atoms with E-state index in [1.165, 1.54) is 38.3 Å². The van der Waals surface area contributed by atoms with Crippen molar-refractivity contribution >= 4 is 23.5 Å². The number of methoxy groups -OCH3 is 1. The second kappa shape index (κ2) is 8.75. The van der Waals surface area contributed by atoms with Gasteiger partial charge in [-0.15, -0.1) is 0 Å². The zero-order chi connectivity index (χ0) is 19.1. The average molecular weight is 358 g/mol. The van der Waals surface area contributed by atoms with Gasteiger partial charge in [0.05, 0.1) is 18.4 Å². The Morgan fingerprint density at radius 1 is 1.08 bits per heavy atom. The van der Waals surface area contributed by atoms with Gasteiger partial charge in [-0.2, -0.15) is 0 Å². The van der Waals surface area contributed by atoms with Gasteiger partial charge in [0.15, 0.2) is 0 Å². The highest BCUT2D eigenvalue weighted by atomic mass is 19.1. The average Bonchev–Trinajstić information content (AvgIpc) is 2.62. The second-order valence-electron chi connectivity index (χ2n) is 5.57. The van der Waals surface area contributed by atoms with Crippen LogP contribution in [0, 0.1) is 5.82 Å². The van der Waals surface area contributed by atoms with E-state index in [9.17, 15) is 18.8 Å². The molecule has 0 unspecified atom stereocenters. The molecule has 26 heavy (non-hydrogen) atoms. The lowest BCUT2D eigenvalue weighted by Crippen LogP contribution is -2.43. The molecule has 0 aliphatic heterocycles. The topological polar surface area (TPSA) is 84.5 Å². The fourth-order valence-corrected chi connectivity index (χ4v) is 2.44. The molecule has 2 rings (SSSR count). The first-order valence-corrected chi connectivity index (χ1v) is 7.91. The molecule has 2 aromatic carbocycles. The molecule has 0 heterocycles. The summed E-state index contributed by atoms with van der Waals surface area (Å²) in [5, 5.41) is 5.10. The van der Waals surface area contributed by atoms with E-state index >= 15 is 0 Å². The van der Waals surface area contributed by atoms with Gasteiger partial charge in [-0.3, -0.25) is 9.59 Å². The number of esters is 1. The molecule has 0 fully saturated rings. The minimum atomic E-state index is -1.07. The first-order valence-electron chi connectivity index (χ1n) is 7.91. The Balaban J connectivity index is 2.23. The first-order chi connectivity index (χ1) is 12.4. The summed E-state index contributed by atoms with van der Waals surface area (Å²) in [6, 6.07) is 11.3. The van der Waals surface area contributed by atoms with Gasteiger partial charge in [0.1, 0.15) is 11.9 Å². The van der Waals surface area contributed by atoms with E-state index in [-0.39, 0.29) is 23.5 Å². The lowest BCUT2D eigenvalue weighted by molar-refractivity contribution is -0.142. The Morgan fingerprint density at radius 2 is 1.73 bits per heavy atom. The van der Waals surface area contributed by atoms with Crippen molar-refractivity contribution in [3.8, 4) is 0 Å². The van der Waals surface area contributed by atoms with E-state index in [2.05, 4.69) is 10.6 Å². The van der Waals surface area contributed by atoms with Crippen LogP contribution < -0.4 is 10.6 Å². The van der Waals surface area contributed by atoms with Crippen LogP contribution in [0.4, 0.5) is 10.1 Å². The van der Waals surface area contributed by atoms with E-state index < -0.39 is 23.7 Å². The van der Waals surface area contributed by atoms with Crippen LogP contribution in [-0.4, -0.2) is 30.9 Å². The lowest BCUT2D eigenvalue weighted by Gasteiger charge is -2.18. The second-order valence-corrected chi connectivity index (χ2v) is 5.57. The number of carbonyl (C=O) groups excluding carboxylic acids is 3. The third-order valence-electron chi connectivity index (χ3n) is 3.66. The maximum absolute atomic E-state index is 13.9. The van der Waals surface area contributed by atoms with E-state index in [4.69, 9.17) is 4.74 Å². The molecule has 0 bridgehead atoms. The number of ether oxygens (including phenoxy) is 1. The number of para-hydroxylation sites is 1. The molecule has 2 aromatic rings. The zero-order valence-corrected chi connectivity index (χ0v) is 14.4. The molecule has 0 saturated carbocycles. The third kappa shape index (κ3) is 4.89. The van der Waals surface area contributed by atoms with Gasteiger partial charge in [0.2, 0.25) is 5.91 Å². The number of halogens is 1. The maximum Gasteiger partial charge on any atom is 0.328 e. The predicted molar refractivity (Wildman–Crippen MR) is 94.1 cm³/mol. The number of carbonyl (C=O) groups is 3. The SMILES string of the molecule is COC(=O)[C@@H](Cc1ccccc1F)NC(=O)c1ccccc1NC(C)=O. The smallest absolute Gasteiger partial charge is 0.328 e. The van der Waals surface area contributed by atoms with Crippen molar-refractivity contribution in [3.05, 3.63) is 65.5 Å². The molecule has 6 nitrogen and oxygen atoms in total. The Morgan fingerprint density at radius 3 is 2.38 bits per heavy atom. The quantitative estimate of drug-likeness (QED) is 0.776. The Bertz CT molecular complexity index is 823. The van der Waals surface area contributed by atoms with Gasteiger partial charge < -0.3 is 15.4 Å². The van der Waals surface area contributed by atoms with Crippen LogP contribution in [0.25, 0.3) is 0 Å². The lowest BCUT2D eigenvalue weighted by atomic mass is 10.0. The maximum atomic E-state index is 13.9. The summed E-state index contributed by atoms with van der Waals surface area (Å²) in [4.78, 5) is 35.9. The first kappa shape index (κ1) is 19.1. The van der Waals surface area contributed by atoms with E-state index in [0.29, 0.717) is 5.69 Å². The fraction of sp³-hybridized carbons (Fsp3) is 0.211. The zero-order valence-electron chi connectivity index (χ0n) is 14.4. The molecule has 136 valence electrons. The predicted octanol–water partition coefficient (Wildman–Crippen LogP) is 2.30. The van der Waals surface area contributed by atoms with Crippen LogP contribution in [0.2, 0.25) is 0 Å². The molecule has 7 heteroatoms. The van der Waals surface area contributed by atoms with Crippen molar-refractivity contribution in [2.45, 2.75) is 19.4 Å². The van der Waals surface area contributed by atoms with Gasteiger partial charge in [-0.05, 0) is 23.8 Å². The van der Waals surface area contributed by atoms with Crippen molar-refractivity contribution in [1.82, 2.24) is 5.32 Å². The molecular weight excluding hydrogens is 339 g/mol. The molecule has 0 aliphatic carbocycles. The summed E-state index contributed by atoms with van der Waals surface area (Å²) < 4.78 is 18.6. The van der Waals surface area contributed by atoms with Gasteiger partial charge in [-0.25, -0.2) is 9.18 Å². The van der Waals surface area contributed by atoms with Crippen LogP contribution in [0.15, 0.2) is 48.5 Å². The number of rotatable bonds is 6. The summed E-state index contributed by atoms with van der Waals surface area (Å²) in [5.41, 5.74) is 0.774. The molecule has 2 amide bonds. The van der Waals surface area contributed by atoms with Crippen LogP contribution >= 0.6 is 0 Å². The van der Waals surface area contributed by atoms with Crippen molar-refractivity contribution in [1.29, 1.82) is 0 Å². The van der Waals surface area contributed by atoms with Gasteiger partial charge in [0, 0.05) is 13.3 Å². The minimum Gasteiger partial charge on any atom is -0.467 e. The van der Waals surface area contributed by atoms with Gasteiger partial charge in [0.25, 0.3) is 5.91 Å². The molecule has 0 radical (unpaired) electrons. The Hall–Kier alpha value is -3.22. The summed E-state index contributed by atoms with van der Waals surface area (Å²) in [6.07, 6.45) is -0.0621. The number of benzene rings is 2. The van der Waals surface area contributed by atoms with Crippen molar-refractivity contribution < 1.29 is 23.5 Å². The standard InChI is InChI=1S/C19H19FN2O4/c1-12(23)21-16-10-6-4-8-14(16)18(24)22-17(19(25)26-2)11-13-7-3-5-9-15(13)20/h3-10,17H,11H2,1-2H3,(H,21,23)(H,22,24)/t17-/m1/s1. The van der Waals surface area contributed by atoms with Crippen molar-refractivity contribution in [2.75, 3.05) is 12.4 Å². The number of nitrogens with one attached hydrogen (secondary N) is 2. The van der Waals surface area contributed by atoms with E-state index in [0.717, 1.165) is 0 Å². The number of anilines is 1. The van der Waals surface area contributed by atoms with Crippen LogP contribution in [0.5, 0.6) is 0 Å². The molecule has 0 spiro atoms. The molecule has 2 N–H and O–H groups in total. The van der Waals surface area contributed by atoms with Gasteiger partial charge in [-0.1, -0.05) is 30.3 Å². The summed E-state index contributed by atoms with van der Waals surface area (Å²) >= 11 is 0. The Labute approximate surface area is 150 Å². The normalized spacial score (nSPS) is 11.3. The molecule has 1 atom stereocenters. The monoisotopic (exact) mass is 358 g/mol. The highest BCUT2D eigenvalue weighted by Gasteiger charge is 2.24. The van der Waals surface area contributed by atoms with Crippen LogP contribution in [0.1, 0.15) is 22.8 Å². The summed E-state index contributed by atoms with van der Waals surface area (Å²) in [5.74, 6) is -2.09. The number of hydrogen-bond acceptors (Lipinski definition) is 4. The third-order valence-corrected chi connectivity index (χ3v) is 3.66. The van der Waals surface area contributed by atoms with Crippen LogP contribution in [-0.2, 0) is 20.7 Å². The summed E-state index contributed by atoms with van der Waals surface area (Å²) in [7, 11) is 1.19. The molecule has 0 aliphatic rings. The van der Waals surface area contributed by atoms with E-state index in [1.54, 1.807) is 24.3 Å². The highest BCUT2D eigenvalue weighted by molar-refractivity contribution is 6.04. The molecule has 0 saturated heterocycles. The number of amides is 2. The van der Waals surface area contributed by atoms with Crippen molar-refractivity contribution in [2.24, 2.45) is 0 Å². The highest BCUT2D eigenvalue weighted by Crippen LogP contribution is 2.16. The Kier molecular flexibility index (Phi) is 6.43. The van der Waals surface area contributed by atoms with Gasteiger partial charge >= 0.3 is 5.97 Å². The minimum absolute atomic E-state index is 0.0621. The van der Waals surface area contributed by atoms with Crippen molar-refractivity contribution in [3.63, 3.8) is 0 Å². The van der Waals surface area contributed by atoms with E-state index in [1.807, 2.05) is 0 Å². The number of hydrogen-bond donors (Lipinski definition) is 2.